The molecule has 1 amide bonds. The predicted molar refractivity (Wildman–Crippen MR) is 141 cm³/mol. The highest BCUT2D eigenvalue weighted by atomic mass is 79.9. The highest BCUT2D eigenvalue weighted by molar-refractivity contribution is 9.11. The summed E-state index contributed by atoms with van der Waals surface area (Å²) in [5.41, 5.74) is 2.83. The summed E-state index contributed by atoms with van der Waals surface area (Å²) in [5.74, 6) is 0.177. The van der Waals surface area contributed by atoms with E-state index in [-0.39, 0.29) is 29.5 Å². The molecule has 1 aliphatic heterocycles. The Labute approximate surface area is 234 Å². The minimum Gasteiger partial charge on any atom is -0.483 e. The molecule has 14 heteroatoms. The van der Waals surface area contributed by atoms with Gasteiger partial charge in [0.2, 0.25) is 6.79 Å². The van der Waals surface area contributed by atoms with Gasteiger partial charge in [-0.05, 0) is 68.3 Å². The molecule has 0 fully saturated rings. The first-order valence-electron chi connectivity index (χ1n) is 10.2. The largest absolute Gasteiger partial charge is 0.483 e. The van der Waals surface area contributed by atoms with Gasteiger partial charge in [0.15, 0.2) is 23.9 Å². The number of amides is 1. The molecule has 0 saturated heterocycles. The van der Waals surface area contributed by atoms with Crippen molar-refractivity contribution in [2.75, 3.05) is 13.4 Å². The quantitative estimate of drug-likeness (QED) is 0.109. The Hall–Kier alpha value is -3.49. The van der Waals surface area contributed by atoms with Gasteiger partial charge in [0.05, 0.1) is 25.6 Å². The monoisotopic (exact) mass is 697 g/mol. The average molecular weight is 700 g/mol. The maximum Gasteiger partial charge on any atom is 0.343 e. The van der Waals surface area contributed by atoms with Crippen LogP contribution < -0.4 is 24.4 Å². The van der Waals surface area contributed by atoms with Crippen molar-refractivity contribution < 1.29 is 33.5 Å². The summed E-state index contributed by atoms with van der Waals surface area (Å²) in [4.78, 5) is 35.2. The van der Waals surface area contributed by atoms with Crippen LogP contribution in [0.15, 0.2) is 67.1 Å². The highest BCUT2D eigenvalue weighted by Crippen LogP contribution is 2.35. The molecule has 3 aromatic rings. The standard InChI is InChI=1S/C23H14Br3N3O8/c24-14-5-13(9-27-28-21(30)10-34-18-4-2-15(29(32)33)8-16(18)25)22(17(26)7-14)37-23(31)12-1-3-19-20(6-12)36-11-35-19/h1-9H,10-11H2,(H,28,30)/b27-9-. The number of carbonyl (C=O) groups excluding carboxylic acids is 2. The minimum absolute atomic E-state index is 0.0780. The Morgan fingerprint density at radius 1 is 1.05 bits per heavy atom. The van der Waals surface area contributed by atoms with Crippen LogP contribution in [0.5, 0.6) is 23.0 Å². The Morgan fingerprint density at radius 3 is 2.59 bits per heavy atom. The normalized spacial score (nSPS) is 11.9. The predicted octanol–water partition coefficient (Wildman–Crippen LogP) is 5.36. The van der Waals surface area contributed by atoms with Crippen molar-refractivity contribution in [1.29, 1.82) is 0 Å². The molecule has 0 atom stereocenters. The summed E-state index contributed by atoms with van der Waals surface area (Å²) in [5, 5.41) is 14.7. The fraction of sp³-hybridized carbons (Fsp3) is 0.0870. The van der Waals surface area contributed by atoms with E-state index in [1.807, 2.05) is 0 Å². The summed E-state index contributed by atoms with van der Waals surface area (Å²) in [6.07, 6.45) is 1.30. The van der Waals surface area contributed by atoms with Crippen LogP contribution in [0, 0.1) is 10.1 Å². The zero-order chi connectivity index (χ0) is 26.5. The molecule has 0 radical (unpaired) electrons. The van der Waals surface area contributed by atoms with Crippen molar-refractivity contribution in [3.63, 3.8) is 0 Å². The zero-order valence-corrected chi connectivity index (χ0v) is 23.2. The number of hydrazone groups is 1. The number of esters is 1. The second-order valence-corrected chi connectivity index (χ2v) is 9.84. The topological polar surface area (TPSA) is 139 Å². The number of non-ortho nitro benzene ring substituents is 1. The number of benzene rings is 3. The average Bonchev–Trinajstić information content (AvgIpc) is 3.33. The van der Waals surface area contributed by atoms with Crippen LogP contribution >= 0.6 is 47.8 Å². The number of carbonyl (C=O) groups is 2. The molecule has 3 aromatic carbocycles. The van der Waals surface area contributed by atoms with Crippen LogP contribution in [0.1, 0.15) is 15.9 Å². The van der Waals surface area contributed by atoms with Gasteiger partial charge in [-0.3, -0.25) is 14.9 Å². The molecular formula is C23H14Br3N3O8. The van der Waals surface area contributed by atoms with Gasteiger partial charge in [-0.1, -0.05) is 15.9 Å². The Morgan fingerprint density at radius 2 is 1.84 bits per heavy atom. The van der Waals surface area contributed by atoms with Crippen molar-refractivity contribution >= 4 is 71.6 Å². The number of hydrogen-bond acceptors (Lipinski definition) is 9. The number of ether oxygens (including phenoxy) is 4. The number of nitrogens with zero attached hydrogens (tertiary/aromatic N) is 2. The highest BCUT2D eigenvalue weighted by Gasteiger charge is 2.20. The smallest absolute Gasteiger partial charge is 0.343 e. The second kappa shape index (κ2) is 11.7. The van der Waals surface area contributed by atoms with E-state index in [1.54, 1.807) is 24.3 Å². The third kappa shape index (κ3) is 6.64. The molecule has 190 valence electrons. The SMILES string of the molecule is O=C(COc1ccc([N+](=O)[O-])cc1Br)N/N=C\c1cc(Br)cc(Br)c1OC(=O)c1ccc2c(c1)OCO2. The lowest BCUT2D eigenvalue weighted by Gasteiger charge is -2.11. The second-order valence-electron chi connectivity index (χ2n) is 7.22. The summed E-state index contributed by atoms with van der Waals surface area (Å²) in [7, 11) is 0. The maximum absolute atomic E-state index is 12.8. The number of nitrogens with one attached hydrogen (secondary N) is 1. The molecule has 0 saturated carbocycles. The summed E-state index contributed by atoms with van der Waals surface area (Å²) in [6.45, 7) is -0.323. The van der Waals surface area contributed by atoms with Gasteiger partial charge >= 0.3 is 5.97 Å². The lowest BCUT2D eigenvalue weighted by molar-refractivity contribution is -0.385. The van der Waals surface area contributed by atoms with Gasteiger partial charge in [-0.25, -0.2) is 10.2 Å². The maximum atomic E-state index is 12.8. The number of nitro groups is 1. The van der Waals surface area contributed by atoms with Crippen molar-refractivity contribution in [3.05, 3.63) is 83.2 Å². The third-order valence-corrected chi connectivity index (χ3v) is 6.38. The first kappa shape index (κ1) is 26.6. The molecule has 4 rings (SSSR count). The summed E-state index contributed by atoms with van der Waals surface area (Å²) < 4.78 is 23.0. The Bertz CT molecular complexity index is 1430. The summed E-state index contributed by atoms with van der Waals surface area (Å²) >= 11 is 9.91. The first-order chi connectivity index (χ1) is 17.7. The molecule has 0 unspecified atom stereocenters. The van der Waals surface area contributed by atoms with E-state index in [9.17, 15) is 19.7 Å². The molecular weight excluding hydrogens is 686 g/mol. The molecule has 1 N–H and O–H groups in total. The Balaban J connectivity index is 1.41. The molecule has 0 spiro atoms. The van der Waals surface area contributed by atoms with E-state index in [0.717, 1.165) is 0 Å². The minimum atomic E-state index is -0.637. The van der Waals surface area contributed by atoms with Crippen LogP contribution in [0.25, 0.3) is 0 Å². The number of fused-ring (bicyclic) bond motifs is 1. The molecule has 0 bridgehead atoms. The van der Waals surface area contributed by atoms with E-state index in [4.69, 9.17) is 18.9 Å². The van der Waals surface area contributed by atoms with Crippen LogP contribution in [0.2, 0.25) is 0 Å². The van der Waals surface area contributed by atoms with E-state index >= 15 is 0 Å². The third-order valence-electron chi connectivity index (χ3n) is 4.72. The van der Waals surface area contributed by atoms with Crippen LogP contribution in [0.4, 0.5) is 5.69 Å². The fourth-order valence-electron chi connectivity index (χ4n) is 3.03. The molecule has 0 aliphatic carbocycles. The van der Waals surface area contributed by atoms with E-state index in [2.05, 4.69) is 58.3 Å². The van der Waals surface area contributed by atoms with Crippen LogP contribution in [0.3, 0.4) is 0 Å². The molecule has 11 nitrogen and oxygen atoms in total. The Kier molecular flexibility index (Phi) is 8.41. The number of rotatable bonds is 8. The van der Waals surface area contributed by atoms with Gasteiger partial charge in [-0.15, -0.1) is 0 Å². The van der Waals surface area contributed by atoms with Gasteiger partial charge in [0.25, 0.3) is 11.6 Å². The van der Waals surface area contributed by atoms with Gasteiger partial charge in [0.1, 0.15) is 5.75 Å². The number of nitro benzene ring substituents is 1. The fourth-order valence-corrected chi connectivity index (χ4v) is 4.85. The van der Waals surface area contributed by atoms with Gasteiger partial charge in [-0.2, -0.15) is 5.10 Å². The molecule has 37 heavy (non-hydrogen) atoms. The van der Waals surface area contributed by atoms with Crippen molar-refractivity contribution in [3.8, 4) is 23.0 Å². The summed E-state index contributed by atoms with van der Waals surface area (Å²) in [6, 6.07) is 11.9. The first-order valence-corrected chi connectivity index (χ1v) is 12.6. The van der Waals surface area contributed by atoms with Gasteiger partial charge in [0, 0.05) is 22.2 Å². The molecule has 1 aliphatic rings. The molecule has 0 aromatic heterocycles. The lowest BCUT2D eigenvalue weighted by Crippen LogP contribution is -2.24. The van der Waals surface area contributed by atoms with E-state index < -0.39 is 23.4 Å². The van der Waals surface area contributed by atoms with E-state index in [0.29, 0.717) is 30.5 Å². The van der Waals surface area contributed by atoms with Crippen molar-refractivity contribution in [2.24, 2.45) is 5.10 Å². The van der Waals surface area contributed by atoms with E-state index in [1.165, 1.54) is 30.5 Å². The van der Waals surface area contributed by atoms with Gasteiger partial charge < -0.3 is 18.9 Å². The molecule has 1 heterocycles. The van der Waals surface area contributed by atoms with Crippen LogP contribution in [-0.2, 0) is 4.79 Å². The van der Waals surface area contributed by atoms with Crippen LogP contribution in [-0.4, -0.2) is 36.4 Å². The van der Waals surface area contributed by atoms with Crippen molar-refractivity contribution in [1.82, 2.24) is 5.43 Å². The number of hydrogen-bond donors (Lipinski definition) is 1. The van der Waals surface area contributed by atoms with Crippen molar-refractivity contribution in [2.45, 2.75) is 0 Å². The zero-order valence-electron chi connectivity index (χ0n) is 18.4. The lowest BCUT2D eigenvalue weighted by atomic mass is 10.2. The number of halogens is 3.